The average Bonchev–Trinajstić information content (AvgIpc) is 2.35. The first-order valence-electron chi connectivity index (χ1n) is 4.77. The smallest absolute Gasteiger partial charge is 0.283 e. The predicted molar refractivity (Wildman–Crippen MR) is 68.7 cm³/mol. The highest BCUT2D eigenvalue weighted by Gasteiger charge is 2.16. The molecule has 0 radical (unpaired) electrons. The minimum absolute atomic E-state index is 0.00393. The Morgan fingerprint density at radius 2 is 2.06 bits per heavy atom. The first kappa shape index (κ1) is 12.6. The molecule has 0 atom stereocenters. The van der Waals surface area contributed by atoms with Crippen molar-refractivity contribution in [2.24, 2.45) is 0 Å². The normalized spacial score (nSPS) is 10.3. The number of para-hydroxylation sites is 1. The van der Waals surface area contributed by atoms with E-state index >= 15 is 0 Å². The van der Waals surface area contributed by atoms with E-state index in [4.69, 9.17) is 17.3 Å². The van der Waals surface area contributed by atoms with Crippen molar-refractivity contribution in [3.63, 3.8) is 0 Å². The number of hydrogen-bond acceptors (Lipinski definition) is 6. The molecule has 0 spiro atoms. The van der Waals surface area contributed by atoms with Crippen LogP contribution in [0.15, 0.2) is 40.5 Å². The number of nitro groups is 1. The van der Waals surface area contributed by atoms with Crippen molar-refractivity contribution < 1.29 is 4.92 Å². The zero-order valence-corrected chi connectivity index (χ0v) is 10.5. The summed E-state index contributed by atoms with van der Waals surface area (Å²) in [6, 6.07) is 6.34. The second kappa shape index (κ2) is 5.19. The third-order valence-corrected chi connectivity index (χ3v) is 3.61. The van der Waals surface area contributed by atoms with Crippen LogP contribution in [0.2, 0.25) is 5.02 Å². The summed E-state index contributed by atoms with van der Waals surface area (Å²) in [5, 5.41) is 11.4. The molecule has 1 aromatic carbocycles. The van der Waals surface area contributed by atoms with E-state index in [0.29, 0.717) is 9.92 Å². The monoisotopic (exact) mass is 282 g/mol. The molecule has 18 heavy (non-hydrogen) atoms. The van der Waals surface area contributed by atoms with Gasteiger partial charge >= 0.3 is 0 Å². The molecule has 2 aromatic rings. The van der Waals surface area contributed by atoms with Crippen LogP contribution < -0.4 is 5.73 Å². The molecule has 0 fully saturated rings. The topological polar surface area (TPSA) is 94.9 Å². The Kier molecular flexibility index (Phi) is 3.63. The summed E-state index contributed by atoms with van der Waals surface area (Å²) in [4.78, 5) is 18.5. The molecule has 2 rings (SSSR count). The second-order valence-electron chi connectivity index (χ2n) is 3.20. The molecule has 0 unspecified atom stereocenters. The number of nitro benzene ring substituents is 1. The van der Waals surface area contributed by atoms with Crippen molar-refractivity contribution >= 4 is 34.9 Å². The van der Waals surface area contributed by atoms with Crippen molar-refractivity contribution in [1.82, 2.24) is 9.97 Å². The third-order valence-electron chi connectivity index (χ3n) is 2.05. The lowest BCUT2D eigenvalue weighted by Gasteiger charge is -2.04. The molecule has 1 aromatic heterocycles. The summed E-state index contributed by atoms with van der Waals surface area (Å²) in [6.45, 7) is 0. The summed E-state index contributed by atoms with van der Waals surface area (Å²) >= 11 is 7.01. The van der Waals surface area contributed by atoms with Gasteiger partial charge in [0.15, 0.2) is 0 Å². The lowest BCUT2D eigenvalue weighted by Crippen LogP contribution is -1.95. The average molecular weight is 283 g/mol. The van der Waals surface area contributed by atoms with Gasteiger partial charge < -0.3 is 5.73 Å². The first-order chi connectivity index (χ1) is 8.59. The Hall–Kier alpha value is -1.86. The molecule has 2 N–H and O–H groups in total. The standard InChI is InChI=1S/C10H7ClN4O2S/c11-8-9(12)13-5-14-10(8)18-7-4-2-1-3-6(7)15(16)17/h1-5H,(H2,12,13,14). The molecule has 0 saturated carbocycles. The van der Waals surface area contributed by atoms with Gasteiger partial charge in [-0.3, -0.25) is 10.1 Å². The number of halogens is 1. The lowest BCUT2D eigenvalue weighted by atomic mass is 10.3. The fourth-order valence-corrected chi connectivity index (χ4v) is 2.35. The number of rotatable bonds is 3. The van der Waals surface area contributed by atoms with Gasteiger partial charge in [0, 0.05) is 6.07 Å². The number of nitrogens with zero attached hydrogens (tertiary/aromatic N) is 3. The molecular weight excluding hydrogens is 276 g/mol. The van der Waals surface area contributed by atoms with E-state index in [0.717, 1.165) is 11.8 Å². The fourth-order valence-electron chi connectivity index (χ4n) is 1.24. The number of nitrogen functional groups attached to an aromatic ring is 1. The van der Waals surface area contributed by atoms with E-state index in [9.17, 15) is 10.1 Å². The molecule has 0 aliphatic carbocycles. The van der Waals surface area contributed by atoms with Crippen molar-refractivity contribution in [3.8, 4) is 0 Å². The van der Waals surface area contributed by atoms with E-state index < -0.39 is 4.92 Å². The molecular formula is C10H7ClN4O2S. The molecule has 6 nitrogen and oxygen atoms in total. The van der Waals surface area contributed by atoms with Crippen LogP contribution >= 0.6 is 23.4 Å². The van der Waals surface area contributed by atoms with E-state index in [1.54, 1.807) is 18.2 Å². The molecule has 0 aliphatic rings. The summed E-state index contributed by atoms with van der Waals surface area (Å²) < 4.78 is 0. The van der Waals surface area contributed by atoms with Crippen LogP contribution in [0.3, 0.4) is 0 Å². The van der Waals surface area contributed by atoms with Crippen molar-refractivity contribution in [1.29, 1.82) is 0 Å². The SMILES string of the molecule is Nc1ncnc(Sc2ccccc2[N+](=O)[O-])c1Cl. The van der Waals surface area contributed by atoms with Crippen LogP contribution in [0.5, 0.6) is 0 Å². The zero-order valence-electron chi connectivity index (χ0n) is 8.91. The minimum atomic E-state index is -0.458. The van der Waals surface area contributed by atoms with Crippen molar-refractivity contribution in [3.05, 3.63) is 45.7 Å². The van der Waals surface area contributed by atoms with Gasteiger partial charge in [-0.05, 0) is 6.07 Å². The molecule has 8 heteroatoms. The Morgan fingerprint density at radius 1 is 1.33 bits per heavy atom. The quantitative estimate of drug-likeness (QED) is 0.528. The fraction of sp³-hybridized carbons (Fsp3) is 0. The van der Waals surface area contributed by atoms with Gasteiger partial charge in [0.1, 0.15) is 22.2 Å². The Bertz CT molecular complexity index is 608. The highest BCUT2D eigenvalue weighted by molar-refractivity contribution is 7.99. The van der Waals surface area contributed by atoms with E-state index in [-0.39, 0.29) is 16.5 Å². The van der Waals surface area contributed by atoms with Crippen LogP contribution in [-0.4, -0.2) is 14.9 Å². The summed E-state index contributed by atoms with van der Waals surface area (Å²) in [5.74, 6) is 0.146. The number of aromatic nitrogens is 2. The van der Waals surface area contributed by atoms with E-state index in [1.807, 2.05) is 0 Å². The largest absolute Gasteiger partial charge is 0.382 e. The number of nitrogens with two attached hydrogens (primary N) is 1. The molecule has 0 bridgehead atoms. The summed E-state index contributed by atoms with van der Waals surface area (Å²) in [6.07, 6.45) is 1.26. The molecule has 1 heterocycles. The van der Waals surface area contributed by atoms with E-state index in [2.05, 4.69) is 9.97 Å². The maximum absolute atomic E-state index is 10.9. The number of hydrogen-bond donors (Lipinski definition) is 1. The number of anilines is 1. The summed E-state index contributed by atoms with van der Waals surface area (Å²) in [7, 11) is 0. The Balaban J connectivity index is 2.40. The zero-order chi connectivity index (χ0) is 13.1. The predicted octanol–water partition coefficient (Wildman–Crippen LogP) is 2.77. The summed E-state index contributed by atoms with van der Waals surface area (Å²) in [5.41, 5.74) is 5.54. The van der Waals surface area contributed by atoms with Crippen LogP contribution in [0.1, 0.15) is 0 Å². The van der Waals surface area contributed by atoms with E-state index in [1.165, 1.54) is 12.4 Å². The van der Waals surface area contributed by atoms with Gasteiger partial charge in [-0.1, -0.05) is 35.5 Å². The Labute approximate surface area is 111 Å². The van der Waals surface area contributed by atoms with Crippen LogP contribution in [0, 0.1) is 10.1 Å². The maximum atomic E-state index is 10.9. The molecule has 92 valence electrons. The molecule has 0 amide bonds. The van der Waals surface area contributed by atoms with Crippen LogP contribution in [-0.2, 0) is 0 Å². The maximum Gasteiger partial charge on any atom is 0.283 e. The van der Waals surface area contributed by atoms with Gasteiger partial charge in [-0.15, -0.1) is 0 Å². The van der Waals surface area contributed by atoms with Crippen LogP contribution in [0.25, 0.3) is 0 Å². The van der Waals surface area contributed by atoms with Gasteiger partial charge in [0.25, 0.3) is 5.69 Å². The highest BCUT2D eigenvalue weighted by atomic mass is 35.5. The van der Waals surface area contributed by atoms with Crippen LogP contribution in [0.4, 0.5) is 11.5 Å². The highest BCUT2D eigenvalue weighted by Crippen LogP contribution is 2.37. The number of benzene rings is 1. The first-order valence-corrected chi connectivity index (χ1v) is 5.96. The van der Waals surface area contributed by atoms with Crippen molar-refractivity contribution in [2.45, 2.75) is 9.92 Å². The third kappa shape index (κ3) is 2.52. The van der Waals surface area contributed by atoms with Gasteiger partial charge in [0.2, 0.25) is 0 Å². The molecule has 0 saturated heterocycles. The van der Waals surface area contributed by atoms with Crippen molar-refractivity contribution in [2.75, 3.05) is 5.73 Å². The van der Waals surface area contributed by atoms with Gasteiger partial charge in [0.05, 0.1) is 9.82 Å². The Morgan fingerprint density at radius 3 is 2.78 bits per heavy atom. The van der Waals surface area contributed by atoms with Gasteiger partial charge in [-0.2, -0.15) is 0 Å². The minimum Gasteiger partial charge on any atom is -0.382 e. The lowest BCUT2D eigenvalue weighted by molar-refractivity contribution is -0.387. The molecule has 0 aliphatic heterocycles. The van der Waals surface area contributed by atoms with Gasteiger partial charge in [-0.25, -0.2) is 9.97 Å². The second-order valence-corrected chi connectivity index (χ2v) is 4.61.